The lowest BCUT2D eigenvalue weighted by molar-refractivity contribution is 0.152. The van der Waals surface area contributed by atoms with Gasteiger partial charge in [0.05, 0.1) is 0 Å². The summed E-state index contributed by atoms with van der Waals surface area (Å²) in [7, 11) is 2.06. The summed E-state index contributed by atoms with van der Waals surface area (Å²) < 4.78 is 0. The summed E-state index contributed by atoms with van der Waals surface area (Å²) in [4.78, 5) is 5.26. The molecule has 3 nitrogen and oxygen atoms in total. The Morgan fingerprint density at radius 2 is 1.94 bits per heavy atom. The Kier molecular flexibility index (Phi) is 6.09. The molecule has 1 fully saturated rings. The molecule has 1 aliphatic heterocycles. The summed E-state index contributed by atoms with van der Waals surface area (Å²) in [5, 5.41) is 3.40. The number of likely N-dealkylation sites (N-methyl/N-ethyl adjacent to an activating group) is 1. The van der Waals surface area contributed by atoms with Crippen LogP contribution in [0.15, 0.2) is 0 Å². The van der Waals surface area contributed by atoms with Gasteiger partial charge in [0, 0.05) is 25.2 Å². The molecule has 0 aliphatic carbocycles. The van der Waals surface area contributed by atoms with Gasteiger partial charge in [0.15, 0.2) is 0 Å². The summed E-state index contributed by atoms with van der Waals surface area (Å²) in [6.45, 7) is 17.7. The van der Waals surface area contributed by atoms with E-state index in [2.05, 4.69) is 56.8 Å². The number of nitrogens with zero attached hydrogens (tertiary/aromatic N) is 2. The second kappa shape index (κ2) is 6.88. The molecule has 0 radical (unpaired) electrons. The Morgan fingerprint density at radius 3 is 2.44 bits per heavy atom. The van der Waals surface area contributed by atoms with Crippen LogP contribution in [0.2, 0.25) is 0 Å². The molecule has 1 saturated heterocycles. The number of rotatable bonds is 7. The minimum atomic E-state index is 0.340. The van der Waals surface area contributed by atoms with Gasteiger partial charge in [0.25, 0.3) is 0 Å². The standard InChI is InChI=1S/C15H33N3/c1-7-18(8-2)14-9-10-17(11-14)12-15(4,5)13(3)16-6/h13-14,16H,7-12H2,1-6H3. The highest BCUT2D eigenvalue weighted by Crippen LogP contribution is 2.25. The molecule has 0 amide bonds. The van der Waals surface area contributed by atoms with E-state index >= 15 is 0 Å². The fourth-order valence-electron chi connectivity index (χ4n) is 3.10. The van der Waals surface area contributed by atoms with Gasteiger partial charge >= 0.3 is 0 Å². The molecule has 1 rings (SSSR count). The van der Waals surface area contributed by atoms with Crippen molar-refractivity contribution in [1.29, 1.82) is 0 Å². The van der Waals surface area contributed by atoms with Crippen LogP contribution < -0.4 is 5.32 Å². The Balaban J connectivity index is 2.47. The Morgan fingerprint density at radius 1 is 1.33 bits per heavy atom. The van der Waals surface area contributed by atoms with E-state index in [1.165, 1.54) is 39.1 Å². The zero-order chi connectivity index (χ0) is 13.8. The van der Waals surface area contributed by atoms with Crippen LogP contribution in [0, 0.1) is 5.41 Å². The molecular weight excluding hydrogens is 222 g/mol. The van der Waals surface area contributed by atoms with Crippen molar-refractivity contribution in [3.8, 4) is 0 Å². The zero-order valence-electron chi connectivity index (χ0n) is 13.3. The Hall–Kier alpha value is -0.120. The smallest absolute Gasteiger partial charge is 0.0235 e. The second-order valence-electron chi connectivity index (χ2n) is 6.40. The largest absolute Gasteiger partial charge is 0.317 e. The van der Waals surface area contributed by atoms with Crippen LogP contribution in [0.4, 0.5) is 0 Å². The van der Waals surface area contributed by atoms with Gasteiger partial charge in [-0.3, -0.25) is 4.90 Å². The minimum absolute atomic E-state index is 0.340. The molecule has 1 heterocycles. The maximum absolute atomic E-state index is 3.40. The first kappa shape index (κ1) is 15.9. The molecule has 2 unspecified atom stereocenters. The second-order valence-corrected chi connectivity index (χ2v) is 6.40. The molecule has 0 aromatic carbocycles. The molecule has 0 saturated carbocycles. The molecule has 0 spiro atoms. The molecule has 0 aromatic heterocycles. The maximum Gasteiger partial charge on any atom is 0.0235 e. The van der Waals surface area contributed by atoms with E-state index in [1.54, 1.807) is 0 Å². The van der Waals surface area contributed by atoms with E-state index in [0.29, 0.717) is 11.5 Å². The van der Waals surface area contributed by atoms with Crippen molar-refractivity contribution < 1.29 is 0 Å². The van der Waals surface area contributed by atoms with Crippen LogP contribution in [0.3, 0.4) is 0 Å². The van der Waals surface area contributed by atoms with Gasteiger partial charge in [0.1, 0.15) is 0 Å². The normalized spacial score (nSPS) is 23.8. The van der Waals surface area contributed by atoms with Crippen molar-refractivity contribution in [2.24, 2.45) is 5.41 Å². The van der Waals surface area contributed by atoms with E-state index in [4.69, 9.17) is 0 Å². The molecular formula is C15H33N3. The van der Waals surface area contributed by atoms with Crippen molar-refractivity contribution in [3.63, 3.8) is 0 Å². The molecule has 108 valence electrons. The zero-order valence-corrected chi connectivity index (χ0v) is 13.3. The molecule has 3 heteroatoms. The van der Waals surface area contributed by atoms with E-state index in [9.17, 15) is 0 Å². The third-order valence-corrected chi connectivity index (χ3v) is 4.81. The first-order valence-corrected chi connectivity index (χ1v) is 7.58. The average molecular weight is 255 g/mol. The highest BCUT2D eigenvalue weighted by Gasteiger charge is 2.32. The fourth-order valence-corrected chi connectivity index (χ4v) is 3.10. The molecule has 0 aromatic rings. The highest BCUT2D eigenvalue weighted by molar-refractivity contribution is 4.89. The lowest BCUT2D eigenvalue weighted by Gasteiger charge is -2.36. The van der Waals surface area contributed by atoms with Gasteiger partial charge < -0.3 is 10.2 Å². The van der Waals surface area contributed by atoms with Gasteiger partial charge in [-0.25, -0.2) is 0 Å². The lowest BCUT2D eigenvalue weighted by Crippen LogP contribution is -2.46. The summed E-state index contributed by atoms with van der Waals surface area (Å²) in [5.74, 6) is 0. The van der Waals surface area contributed by atoms with Crippen molar-refractivity contribution >= 4 is 0 Å². The van der Waals surface area contributed by atoms with Gasteiger partial charge in [-0.2, -0.15) is 0 Å². The topological polar surface area (TPSA) is 18.5 Å². The third kappa shape index (κ3) is 3.94. The van der Waals surface area contributed by atoms with E-state index in [1.807, 2.05) is 0 Å². The van der Waals surface area contributed by atoms with Crippen LogP contribution in [0.5, 0.6) is 0 Å². The Bertz CT molecular complexity index is 236. The minimum Gasteiger partial charge on any atom is -0.317 e. The van der Waals surface area contributed by atoms with Crippen molar-refractivity contribution in [1.82, 2.24) is 15.1 Å². The van der Waals surface area contributed by atoms with Gasteiger partial charge in [0.2, 0.25) is 0 Å². The number of hydrogen-bond acceptors (Lipinski definition) is 3. The molecule has 1 aliphatic rings. The molecule has 2 atom stereocenters. The highest BCUT2D eigenvalue weighted by atomic mass is 15.3. The van der Waals surface area contributed by atoms with Gasteiger partial charge in [-0.1, -0.05) is 27.7 Å². The fraction of sp³-hybridized carbons (Fsp3) is 1.00. The predicted molar refractivity (Wildman–Crippen MR) is 80.1 cm³/mol. The quantitative estimate of drug-likeness (QED) is 0.751. The van der Waals surface area contributed by atoms with Crippen LogP contribution in [0.1, 0.15) is 41.0 Å². The van der Waals surface area contributed by atoms with E-state index in [0.717, 1.165) is 6.04 Å². The summed E-state index contributed by atoms with van der Waals surface area (Å²) in [5.41, 5.74) is 0.340. The summed E-state index contributed by atoms with van der Waals surface area (Å²) >= 11 is 0. The lowest BCUT2D eigenvalue weighted by atomic mass is 9.85. The van der Waals surface area contributed by atoms with Crippen LogP contribution in [-0.4, -0.2) is 61.7 Å². The van der Waals surface area contributed by atoms with Gasteiger partial charge in [-0.05, 0) is 45.4 Å². The van der Waals surface area contributed by atoms with Gasteiger partial charge in [-0.15, -0.1) is 0 Å². The monoisotopic (exact) mass is 255 g/mol. The van der Waals surface area contributed by atoms with Crippen molar-refractivity contribution in [2.75, 3.05) is 39.8 Å². The van der Waals surface area contributed by atoms with Crippen molar-refractivity contribution in [2.45, 2.75) is 53.1 Å². The van der Waals surface area contributed by atoms with Crippen LogP contribution >= 0.6 is 0 Å². The van der Waals surface area contributed by atoms with E-state index in [-0.39, 0.29) is 0 Å². The number of likely N-dealkylation sites (tertiary alicyclic amines) is 1. The van der Waals surface area contributed by atoms with Crippen LogP contribution in [-0.2, 0) is 0 Å². The maximum atomic E-state index is 3.40. The van der Waals surface area contributed by atoms with Crippen LogP contribution in [0.25, 0.3) is 0 Å². The van der Waals surface area contributed by atoms with Crippen molar-refractivity contribution in [3.05, 3.63) is 0 Å². The molecule has 0 bridgehead atoms. The Labute approximate surface area is 114 Å². The first-order chi connectivity index (χ1) is 8.44. The number of hydrogen-bond donors (Lipinski definition) is 1. The summed E-state index contributed by atoms with van der Waals surface area (Å²) in [6, 6.07) is 1.34. The number of nitrogens with one attached hydrogen (secondary N) is 1. The van der Waals surface area contributed by atoms with E-state index < -0.39 is 0 Å². The first-order valence-electron chi connectivity index (χ1n) is 7.58. The third-order valence-electron chi connectivity index (χ3n) is 4.81. The SMILES string of the molecule is CCN(CC)C1CCN(CC(C)(C)C(C)NC)C1. The average Bonchev–Trinajstić information content (AvgIpc) is 2.77. The predicted octanol–water partition coefficient (Wildman–Crippen LogP) is 2.04. The summed E-state index contributed by atoms with van der Waals surface area (Å²) in [6.07, 6.45) is 1.34. The molecule has 1 N–H and O–H groups in total. The molecule has 18 heavy (non-hydrogen) atoms.